The molecule has 0 aliphatic heterocycles. The lowest BCUT2D eigenvalue weighted by atomic mass is 9.69. The van der Waals surface area contributed by atoms with Crippen LogP contribution in [0, 0.1) is 13.8 Å². The van der Waals surface area contributed by atoms with E-state index in [1.165, 1.54) is 20.9 Å². The van der Waals surface area contributed by atoms with Crippen LogP contribution in [0.4, 0.5) is 0 Å². The van der Waals surface area contributed by atoms with Gasteiger partial charge in [0.05, 0.1) is 7.85 Å². The van der Waals surface area contributed by atoms with Crippen LogP contribution in [-0.2, 0) is 12.8 Å². The van der Waals surface area contributed by atoms with Crippen molar-refractivity contribution in [2.24, 2.45) is 0 Å². The van der Waals surface area contributed by atoms with Crippen LogP contribution in [0.25, 0.3) is 0 Å². The minimum atomic E-state index is -0.0896. The van der Waals surface area contributed by atoms with Crippen molar-refractivity contribution in [1.82, 2.24) is 0 Å². The molecule has 14 heavy (non-hydrogen) atoms. The summed E-state index contributed by atoms with van der Waals surface area (Å²) in [5.41, 5.74) is 2.99. The van der Waals surface area contributed by atoms with Gasteiger partial charge in [-0.05, 0) is 37.8 Å². The molecule has 2 radical (unpaired) electrons. The zero-order chi connectivity index (χ0) is 10.9. The summed E-state index contributed by atoms with van der Waals surface area (Å²) in [5, 5.41) is -0.0896. The summed E-state index contributed by atoms with van der Waals surface area (Å²) >= 11 is 1.91. The van der Waals surface area contributed by atoms with E-state index in [0.29, 0.717) is 0 Å². The molecule has 0 amide bonds. The Morgan fingerprint density at radius 2 is 1.86 bits per heavy atom. The van der Waals surface area contributed by atoms with Gasteiger partial charge in [0, 0.05) is 9.75 Å². The van der Waals surface area contributed by atoms with Crippen LogP contribution < -0.4 is 0 Å². The van der Waals surface area contributed by atoms with Gasteiger partial charge in [0.15, 0.2) is 0 Å². The zero-order valence-electron chi connectivity index (χ0n) is 9.90. The number of hydrogen-bond acceptors (Lipinski definition) is 1. The Labute approximate surface area is 93.1 Å². The summed E-state index contributed by atoms with van der Waals surface area (Å²) in [7, 11) is 6.06. The van der Waals surface area contributed by atoms with E-state index in [2.05, 4.69) is 34.6 Å². The Morgan fingerprint density at radius 3 is 2.29 bits per heavy atom. The Morgan fingerprint density at radius 1 is 1.29 bits per heavy atom. The highest BCUT2D eigenvalue weighted by Crippen LogP contribution is 2.34. The normalized spacial score (nSPS) is 12.1. The molecule has 76 valence electrons. The highest BCUT2D eigenvalue weighted by molar-refractivity contribution is 7.12. The second-order valence-corrected chi connectivity index (χ2v) is 6.01. The Balaban J connectivity index is 3.03. The lowest BCUT2D eigenvalue weighted by molar-refractivity contribution is 0.679. The molecule has 0 spiro atoms. The molecule has 0 aliphatic rings. The summed E-state index contributed by atoms with van der Waals surface area (Å²) < 4.78 is 0. The van der Waals surface area contributed by atoms with Crippen molar-refractivity contribution in [3.05, 3.63) is 20.9 Å². The van der Waals surface area contributed by atoms with E-state index in [1.54, 1.807) is 0 Å². The van der Waals surface area contributed by atoms with Crippen molar-refractivity contribution in [2.75, 3.05) is 0 Å². The van der Waals surface area contributed by atoms with Crippen LogP contribution in [0.2, 0.25) is 5.31 Å². The third kappa shape index (κ3) is 2.63. The molecule has 0 N–H and O–H groups in total. The predicted molar refractivity (Wildman–Crippen MR) is 66.7 cm³/mol. The van der Waals surface area contributed by atoms with Crippen molar-refractivity contribution >= 4 is 19.2 Å². The first kappa shape index (κ1) is 11.8. The SMILES string of the molecule is [B]C(C)(C)Cc1sc(C)c(C)c1CC. The summed E-state index contributed by atoms with van der Waals surface area (Å²) in [5.74, 6) is 0. The van der Waals surface area contributed by atoms with Crippen molar-refractivity contribution in [3.63, 3.8) is 0 Å². The van der Waals surface area contributed by atoms with Gasteiger partial charge < -0.3 is 0 Å². The molecule has 0 atom stereocenters. The summed E-state index contributed by atoms with van der Waals surface area (Å²) in [6.45, 7) is 10.8. The van der Waals surface area contributed by atoms with Crippen molar-refractivity contribution in [3.8, 4) is 0 Å². The number of hydrogen-bond donors (Lipinski definition) is 0. The fourth-order valence-electron chi connectivity index (χ4n) is 1.76. The minimum Gasteiger partial charge on any atom is -0.145 e. The number of rotatable bonds is 3. The molecule has 1 rings (SSSR count). The van der Waals surface area contributed by atoms with E-state index >= 15 is 0 Å². The Kier molecular flexibility index (Phi) is 3.46. The molecule has 0 saturated carbocycles. The van der Waals surface area contributed by atoms with Gasteiger partial charge in [0.2, 0.25) is 0 Å². The highest BCUT2D eigenvalue weighted by Gasteiger charge is 2.17. The molecule has 0 saturated heterocycles. The summed E-state index contributed by atoms with van der Waals surface area (Å²) in [6.07, 6.45) is 2.12. The van der Waals surface area contributed by atoms with Gasteiger partial charge in [-0.3, -0.25) is 0 Å². The van der Waals surface area contributed by atoms with Crippen molar-refractivity contribution in [2.45, 2.75) is 52.8 Å². The van der Waals surface area contributed by atoms with Gasteiger partial charge in [-0.1, -0.05) is 26.1 Å². The van der Waals surface area contributed by atoms with Crippen LogP contribution in [0.15, 0.2) is 0 Å². The lowest BCUT2D eigenvalue weighted by Crippen LogP contribution is -2.06. The average Bonchev–Trinajstić information content (AvgIpc) is 2.24. The maximum Gasteiger partial charge on any atom is 0.0743 e. The van der Waals surface area contributed by atoms with Gasteiger partial charge in [0.1, 0.15) is 0 Å². The molecular weight excluding hydrogens is 187 g/mol. The second-order valence-electron chi connectivity index (χ2n) is 4.70. The van der Waals surface area contributed by atoms with Crippen LogP contribution in [-0.4, -0.2) is 7.85 Å². The van der Waals surface area contributed by atoms with E-state index in [4.69, 9.17) is 7.85 Å². The van der Waals surface area contributed by atoms with Gasteiger partial charge in [0.25, 0.3) is 0 Å². The topological polar surface area (TPSA) is 0 Å². The quantitative estimate of drug-likeness (QED) is 0.659. The average molecular weight is 206 g/mol. The molecule has 0 fully saturated rings. The van der Waals surface area contributed by atoms with Gasteiger partial charge in [-0.25, -0.2) is 0 Å². The number of thiophene rings is 1. The zero-order valence-corrected chi connectivity index (χ0v) is 10.7. The van der Waals surface area contributed by atoms with E-state index in [-0.39, 0.29) is 5.31 Å². The smallest absolute Gasteiger partial charge is 0.0743 e. The lowest BCUT2D eigenvalue weighted by Gasteiger charge is -2.18. The molecule has 0 aliphatic carbocycles. The third-order valence-corrected chi connectivity index (χ3v) is 3.81. The van der Waals surface area contributed by atoms with E-state index < -0.39 is 0 Å². The van der Waals surface area contributed by atoms with Crippen LogP contribution in [0.1, 0.15) is 41.7 Å². The molecule has 0 bridgehead atoms. The first-order valence-electron chi connectivity index (χ1n) is 5.21. The standard InChI is InChI=1S/C12H19BS/c1-6-10-8(2)9(3)14-11(10)7-12(4,5)13/h6-7H2,1-5H3. The van der Waals surface area contributed by atoms with Crippen LogP contribution in [0.5, 0.6) is 0 Å². The largest absolute Gasteiger partial charge is 0.145 e. The summed E-state index contributed by atoms with van der Waals surface area (Å²) in [6, 6.07) is 0. The van der Waals surface area contributed by atoms with Crippen molar-refractivity contribution in [1.29, 1.82) is 0 Å². The molecule has 0 nitrogen and oxygen atoms in total. The Bertz CT molecular complexity index is 318. The second kappa shape index (κ2) is 4.10. The molecule has 1 aromatic rings. The molecule has 1 aromatic heterocycles. The van der Waals surface area contributed by atoms with Gasteiger partial charge in [-0.15, -0.1) is 11.3 Å². The van der Waals surface area contributed by atoms with Gasteiger partial charge >= 0.3 is 0 Å². The van der Waals surface area contributed by atoms with Gasteiger partial charge in [-0.2, -0.15) is 0 Å². The van der Waals surface area contributed by atoms with E-state index in [9.17, 15) is 0 Å². The summed E-state index contributed by atoms with van der Waals surface area (Å²) in [4.78, 5) is 2.93. The van der Waals surface area contributed by atoms with E-state index in [0.717, 1.165) is 12.8 Å². The Hall–Kier alpha value is -0.235. The molecule has 0 aromatic carbocycles. The monoisotopic (exact) mass is 206 g/mol. The predicted octanol–water partition coefficient (Wildman–Crippen LogP) is 3.84. The van der Waals surface area contributed by atoms with Crippen molar-refractivity contribution < 1.29 is 0 Å². The van der Waals surface area contributed by atoms with Crippen LogP contribution >= 0.6 is 11.3 Å². The molecule has 2 heteroatoms. The first-order chi connectivity index (χ1) is 6.35. The first-order valence-corrected chi connectivity index (χ1v) is 6.03. The highest BCUT2D eigenvalue weighted by atomic mass is 32.1. The molecule has 1 heterocycles. The third-order valence-electron chi connectivity index (χ3n) is 2.56. The number of aryl methyl sites for hydroxylation is 1. The minimum absolute atomic E-state index is 0.0896. The van der Waals surface area contributed by atoms with Crippen LogP contribution in [0.3, 0.4) is 0 Å². The molecule has 0 unspecified atom stereocenters. The van der Waals surface area contributed by atoms with E-state index in [1.807, 2.05) is 11.3 Å². The molecular formula is C12H19BS. The maximum atomic E-state index is 6.06. The maximum absolute atomic E-state index is 6.06. The fourth-order valence-corrected chi connectivity index (χ4v) is 3.27. The fraction of sp³-hybridized carbons (Fsp3) is 0.667.